The van der Waals surface area contributed by atoms with Crippen molar-refractivity contribution >= 4 is 16.7 Å². The Kier molecular flexibility index (Phi) is 11.4. The molecule has 194 valence electrons. The van der Waals surface area contributed by atoms with Crippen LogP contribution in [0.25, 0.3) is 21.9 Å². The van der Waals surface area contributed by atoms with Crippen LogP contribution >= 0.6 is 0 Å². The van der Waals surface area contributed by atoms with Crippen LogP contribution in [0.2, 0.25) is 0 Å². The number of aryl methyl sites for hydroxylation is 1. The third-order valence-electron chi connectivity index (χ3n) is 6.52. The molecule has 4 nitrogen and oxygen atoms in total. The van der Waals surface area contributed by atoms with Gasteiger partial charge in [-0.25, -0.2) is 0 Å². The average Bonchev–Trinajstić information content (AvgIpc) is 2.89. The van der Waals surface area contributed by atoms with Gasteiger partial charge in [0.1, 0.15) is 0 Å². The molecule has 36 heavy (non-hydrogen) atoms. The maximum atomic E-state index is 12.0. The summed E-state index contributed by atoms with van der Waals surface area (Å²) in [4.78, 5) is 12.0. The fourth-order valence-corrected chi connectivity index (χ4v) is 4.33. The minimum atomic E-state index is -0.185. The minimum absolute atomic E-state index is 0.0685. The first-order chi connectivity index (χ1) is 17.5. The summed E-state index contributed by atoms with van der Waals surface area (Å²) in [6, 6.07) is 22.2. The van der Waals surface area contributed by atoms with Gasteiger partial charge in [0, 0.05) is 19.1 Å². The molecule has 3 aromatic carbocycles. The van der Waals surface area contributed by atoms with Gasteiger partial charge in [-0.15, -0.1) is 0 Å². The highest BCUT2D eigenvalue weighted by Crippen LogP contribution is 2.27. The summed E-state index contributed by atoms with van der Waals surface area (Å²) in [5.41, 5.74) is 5.08. The SMILES string of the molecule is CCCCCc1ccc(-c2ccc3cc(CC(COCCCO)COC(=O)C(C)C)ccc3c2)cc1. The summed E-state index contributed by atoms with van der Waals surface area (Å²) in [5, 5.41) is 11.4. The Morgan fingerprint density at radius 2 is 1.53 bits per heavy atom. The van der Waals surface area contributed by atoms with Crippen LogP contribution in [0.1, 0.15) is 57.6 Å². The highest BCUT2D eigenvalue weighted by molar-refractivity contribution is 5.87. The van der Waals surface area contributed by atoms with E-state index in [0.29, 0.717) is 26.2 Å². The summed E-state index contributed by atoms with van der Waals surface area (Å²) < 4.78 is 11.3. The van der Waals surface area contributed by atoms with E-state index in [4.69, 9.17) is 14.6 Å². The van der Waals surface area contributed by atoms with E-state index in [9.17, 15) is 4.79 Å². The van der Waals surface area contributed by atoms with E-state index < -0.39 is 0 Å². The molecule has 0 radical (unpaired) electrons. The van der Waals surface area contributed by atoms with E-state index in [2.05, 4.69) is 67.6 Å². The second kappa shape index (κ2) is 14.8. The zero-order chi connectivity index (χ0) is 25.8. The number of ether oxygens (including phenoxy) is 2. The number of aliphatic hydroxyl groups is 1. The van der Waals surface area contributed by atoms with Crippen molar-refractivity contribution in [1.82, 2.24) is 0 Å². The molecule has 0 saturated carbocycles. The summed E-state index contributed by atoms with van der Waals surface area (Å²) >= 11 is 0. The average molecular weight is 491 g/mol. The van der Waals surface area contributed by atoms with E-state index in [1.807, 2.05) is 13.8 Å². The molecule has 3 aromatic rings. The fraction of sp³-hybridized carbons (Fsp3) is 0.469. The summed E-state index contributed by atoms with van der Waals surface area (Å²) in [6.07, 6.45) is 6.32. The summed E-state index contributed by atoms with van der Waals surface area (Å²) in [6.45, 7) is 7.37. The molecule has 3 rings (SSSR count). The van der Waals surface area contributed by atoms with Crippen LogP contribution in [0, 0.1) is 11.8 Å². The lowest BCUT2D eigenvalue weighted by Gasteiger charge is -2.18. The van der Waals surface area contributed by atoms with Crippen molar-refractivity contribution in [2.45, 2.75) is 59.3 Å². The number of fused-ring (bicyclic) bond motifs is 1. The standard InChI is InChI=1S/C32H42O4/c1-4-5-6-8-25-9-12-28(13-10-25)30-16-15-29-20-26(11-14-31(29)21-30)19-27(22-35-18-7-17-33)23-36-32(34)24(2)3/h9-16,20-21,24,27,33H,4-8,17-19,22-23H2,1-3H3. The molecule has 1 unspecified atom stereocenters. The van der Waals surface area contributed by atoms with Crippen molar-refractivity contribution in [3.8, 4) is 11.1 Å². The first kappa shape index (κ1) is 27.9. The quantitative estimate of drug-likeness (QED) is 0.184. The maximum absolute atomic E-state index is 12.0. The third-order valence-corrected chi connectivity index (χ3v) is 6.52. The second-order valence-electron chi connectivity index (χ2n) is 10.1. The topological polar surface area (TPSA) is 55.8 Å². The highest BCUT2D eigenvalue weighted by Gasteiger charge is 2.16. The molecule has 0 saturated heterocycles. The van der Waals surface area contributed by atoms with Crippen LogP contribution in [0.5, 0.6) is 0 Å². The predicted octanol–water partition coefficient (Wildman–Crippen LogP) is 7.00. The van der Waals surface area contributed by atoms with Crippen LogP contribution in [-0.2, 0) is 27.1 Å². The number of carbonyl (C=O) groups is 1. The van der Waals surface area contributed by atoms with Gasteiger partial charge in [-0.1, -0.05) is 88.2 Å². The maximum Gasteiger partial charge on any atom is 0.308 e. The van der Waals surface area contributed by atoms with Gasteiger partial charge in [-0.3, -0.25) is 4.79 Å². The predicted molar refractivity (Wildman–Crippen MR) is 148 cm³/mol. The smallest absolute Gasteiger partial charge is 0.308 e. The van der Waals surface area contributed by atoms with Crippen LogP contribution in [0.15, 0.2) is 60.7 Å². The third kappa shape index (κ3) is 8.76. The Morgan fingerprint density at radius 3 is 2.25 bits per heavy atom. The molecule has 0 aliphatic rings. The molecule has 0 aliphatic heterocycles. The minimum Gasteiger partial charge on any atom is -0.465 e. The number of esters is 1. The van der Waals surface area contributed by atoms with E-state index in [0.717, 1.165) is 12.8 Å². The summed E-state index contributed by atoms with van der Waals surface area (Å²) in [7, 11) is 0. The zero-order valence-corrected chi connectivity index (χ0v) is 22.2. The van der Waals surface area contributed by atoms with Crippen LogP contribution < -0.4 is 0 Å². The molecule has 1 N–H and O–H groups in total. The normalized spacial score (nSPS) is 12.2. The number of benzene rings is 3. The van der Waals surface area contributed by atoms with Gasteiger partial charge in [0.15, 0.2) is 0 Å². The summed E-state index contributed by atoms with van der Waals surface area (Å²) in [5.74, 6) is -0.262. The van der Waals surface area contributed by atoms with E-state index in [1.54, 1.807) is 0 Å². The largest absolute Gasteiger partial charge is 0.465 e. The number of carbonyl (C=O) groups excluding carboxylic acids is 1. The van der Waals surface area contributed by atoms with Crippen molar-refractivity contribution in [1.29, 1.82) is 0 Å². The Morgan fingerprint density at radius 1 is 0.833 bits per heavy atom. The fourth-order valence-electron chi connectivity index (χ4n) is 4.33. The van der Waals surface area contributed by atoms with Gasteiger partial charge < -0.3 is 14.6 Å². The molecule has 0 bridgehead atoms. The number of hydrogen-bond acceptors (Lipinski definition) is 4. The number of hydrogen-bond donors (Lipinski definition) is 1. The van der Waals surface area contributed by atoms with Gasteiger partial charge in [-0.2, -0.15) is 0 Å². The van der Waals surface area contributed by atoms with Crippen LogP contribution in [0.3, 0.4) is 0 Å². The van der Waals surface area contributed by atoms with E-state index in [1.165, 1.54) is 52.3 Å². The molecule has 0 fully saturated rings. The van der Waals surface area contributed by atoms with E-state index in [-0.39, 0.29) is 24.4 Å². The molecule has 0 aromatic heterocycles. The first-order valence-electron chi connectivity index (χ1n) is 13.5. The molecule has 0 aliphatic carbocycles. The van der Waals surface area contributed by atoms with Crippen LogP contribution in [0.4, 0.5) is 0 Å². The lowest BCUT2D eigenvalue weighted by Crippen LogP contribution is -2.23. The highest BCUT2D eigenvalue weighted by atomic mass is 16.5. The van der Waals surface area contributed by atoms with Crippen molar-refractivity contribution < 1.29 is 19.4 Å². The van der Waals surface area contributed by atoms with E-state index >= 15 is 0 Å². The first-order valence-corrected chi connectivity index (χ1v) is 13.5. The van der Waals surface area contributed by atoms with Gasteiger partial charge in [0.25, 0.3) is 0 Å². The molecular weight excluding hydrogens is 448 g/mol. The van der Waals surface area contributed by atoms with Gasteiger partial charge in [-0.05, 0) is 64.8 Å². The number of unbranched alkanes of at least 4 members (excludes halogenated alkanes) is 2. The molecule has 1 atom stereocenters. The molecule has 0 amide bonds. The molecule has 0 heterocycles. The Bertz CT molecular complexity index is 1070. The van der Waals surface area contributed by atoms with Gasteiger partial charge in [0.05, 0.1) is 19.1 Å². The molecule has 4 heteroatoms. The lowest BCUT2D eigenvalue weighted by atomic mass is 9.95. The monoisotopic (exact) mass is 490 g/mol. The molecule has 0 spiro atoms. The number of rotatable bonds is 15. The van der Waals surface area contributed by atoms with Crippen molar-refractivity contribution in [3.05, 3.63) is 71.8 Å². The lowest BCUT2D eigenvalue weighted by molar-refractivity contribution is -0.149. The van der Waals surface area contributed by atoms with Crippen molar-refractivity contribution in [2.24, 2.45) is 11.8 Å². The molecular formula is C32H42O4. The Hall–Kier alpha value is -2.69. The van der Waals surface area contributed by atoms with Crippen LogP contribution in [-0.4, -0.2) is 37.5 Å². The second-order valence-corrected chi connectivity index (χ2v) is 10.1. The van der Waals surface area contributed by atoms with Gasteiger partial charge in [0.2, 0.25) is 0 Å². The zero-order valence-electron chi connectivity index (χ0n) is 22.2. The number of aliphatic hydroxyl groups excluding tert-OH is 1. The van der Waals surface area contributed by atoms with Crippen molar-refractivity contribution in [3.63, 3.8) is 0 Å². The Balaban J connectivity index is 1.68. The Labute approximate surface area is 216 Å². The van der Waals surface area contributed by atoms with Crippen molar-refractivity contribution in [2.75, 3.05) is 26.4 Å². The van der Waals surface area contributed by atoms with Gasteiger partial charge >= 0.3 is 5.97 Å².